The summed E-state index contributed by atoms with van der Waals surface area (Å²) in [6.07, 6.45) is 0.829. The number of benzene rings is 1. The van der Waals surface area contributed by atoms with Crippen LogP contribution in [0.2, 0.25) is 0 Å². The van der Waals surface area contributed by atoms with Crippen LogP contribution in [0.4, 0.5) is 0 Å². The lowest BCUT2D eigenvalue weighted by Crippen LogP contribution is -2.08. The Morgan fingerprint density at radius 1 is 1.31 bits per heavy atom. The van der Waals surface area contributed by atoms with Crippen LogP contribution in [0.1, 0.15) is 31.7 Å². The average molecular weight is 236 g/mol. The fourth-order valence-electron chi connectivity index (χ4n) is 1.68. The number of carbonyl (C=O) groups excluding carboxylic acids is 1. The van der Waals surface area contributed by atoms with Crippen LogP contribution in [0.3, 0.4) is 0 Å². The zero-order valence-electron chi connectivity index (χ0n) is 9.60. The predicted octanol–water partition coefficient (Wildman–Crippen LogP) is 3.22. The van der Waals surface area contributed by atoms with Crippen LogP contribution < -0.4 is 0 Å². The molecule has 86 valence electrons. The summed E-state index contributed by atoms with van der Waals surface area (Å²) in [7, 11) is 0. The molecule has 1 aromatic rings. The van der Waals surface area contributed by atoms with Crippen LogP contribution >= 0.6 is 11.8 Å². The highest BCUT2D eigenvalue weighted by molar-refractivity contribution is 8.00. The van der Waals surface area contributed by atoms with Crippen LogP contribution in [-0.4, -0.2) is 17.8 Å². The minimum absolute atomic E-state index is 0.00935. The van der Waals surface area contributed by atoms with Gasteiger partial charge in [0.2, 0.25) is 0 Å². The summed E-state index contributed by atoms with van der Waals surface area (Å²) in [5.74, 6) is 0.480. The van der Waals surface area contributed by atoms with E-state index in [4.69, 9.17) is 4.74 Å². The minimum Gasteiger partial charge on any atom is -0.465 e. The number of cyclic esters (lactones) is 1. The molecule has 0 amide bonds. The van der Waals surface area contributed by atoms with E-state index in [-0.39, 0.29) is 11.2 Å². The maximum absolute atomic E-state index is 11.3. The Balaban J connectivity index is 2.02. The van der Waals surface area contributed by atoms with Crippen LogP contribution in [0.5, 0.6) is 0 Å². The molecule has 1 aliphatic rings. The summed E-state index contributed by atoms with van der Waals surface area (Å²) >= 11 is 1.61. The van der Waals surface area contributed by atoms with Gasteiger partial charge in [0.1, 0.15) is 5.25 Å². The third kappa shape index (κ3) is 2.59. The number of esters is 1. The Labute approximate surface area is 100 Å². The zero-order chi connectivity index (χ0) is 11.5. The molecule has 1 saturated heterocycles. The molecule has 1 aromatic carbocycles. The van der Waals surface area contributed by atoms with E-state index in [1.165, 1.54) is 5.56 Å². The van der Waals surface area contributed by atoms with Crippen LogP contribution in [-0.2, 0) is 9.53 Å². The molecular formula is C13H16O2S. The lowest BCUT2D eigenvalue weighted by Gasteiger charge is -2.08. The molecular weight excluding hydrogens is 220 g/mol. The summed E-state index contributed by atoms with van der Waals surface area (Å²) in [4.78, 5) is 12.5. The van der Waals surface area contributed by atoms with Gasteiger partial charge in [-0.2, -0.15) is 0 Å². The first-order valence-electron chi connectivity index (χ1n) is 5.60. The van der Waals surface area contributed by atoms with Crippen molar-refractivity contribution in [1.29, 1.82) is 0 Å². The molecule has 0 bridgehead atoms. The van der Waals surface area contributed by atoms with Crippen LogP contribution in [0.25, 0.3) is 0 Å². The number of rotatable bonds is 3. The quantitative estimate of drug-likeness (QED) is 0.754. The van der Waals surface area contributed by atoms with Crippen LogP contribution in [0.15, 0.2) is 29.2 Å². The molecule has 3 heteroatoms. The number of thioether (sulfide) groups is 1. The Kier molecular flexibility index (Phi) is 3.54. The fraction of sp³-hybridized carbons (Fsp3) is 0.462. The maximum atomic E-state index is 11.3. The third-order valence-corrected chi connectivity index (χ3v) is 3.97. The summed E-state index contributed by atoms with van der Waals surface area (Å²) in [6, 6.07) is 8.44. The van der Waals surface area contributed by atoms with Gasteiger partial charge in [0.25, 0.3) is 0 Å². The van der Waals surface area contributed by atoms with E-state index >= 15 is 0 Å². The van der Waals surface area contributed by atoms with Crippen molar-refractivity contribution in [3.05, 3.63) is 29.8 Å². The van der Waals surface area contributed by atoms with E-state index in [1.54, 1.807) is 11.8 Å². The van der Waals surface area contributed by atoms with E-state index < -0.39 is 0 Å². The molecule has 1 atom stereocenters. The lowest BCUT2D eigenvalue weighted by atomic mass is 10.0. The topological polar surface area (TPSA) is 26.3 Å². The van der Waals surface area contributed by atoms with Crippen molar-refractivity contribution < 1.29 is 9.53 Å². The van der Waals surface area contributed by atoms with Crippen molar-refractivity contribution in [3.8, 4) is 0 Å². The lowest BCUT2D eigenvalue weighted by molar-refractivity contribution is -0.137. The van der Waals surface area contributed by atoms with E-state index in [0.29, 0.717) is 12.5 Å². The van der Waals surface area contributed by atoms with Crippen molar-refractivity contribution in [2.24, 2.45) is 0 Å². The second-order valence-electron chi connectivity index (χ2n) is 4.29. The molecule has 0 saturated carbocycles. The average Bonchev–Trinajstić information content (AvgIpc) is 2.65. The normalized spacial score (nSPS) is 20.2. The Bertz CT molecular complexity index is 370. The zero-order valence-corrected chi connectivity index (χ0v) is 10.4. The van der Waals surface area contributed by atoms with Gasteiger partial charge in [-0.15, -0.1) is 11.8 Å². The Morgan fingerprint density at radius 3 is 2.50 bits per heavy atom. The van der Waals surface area contributed by atoms with E-state index in [9.17, 15) is 4.79 Å². The first kappa shape index (κ1) is 11.5. The first-order valence-corrected chi connectivity index (χ1v) is 6.48. The molecule has 1 aliphatic heterocycles. The van der Waals surface area contributed by atoms with Gasteiger partial charge in [0, 0.05) is 11.3 Å². The predicted molar refractivity (Wildman–Crippen MR) is 65.8 cm³/mol. The second-order valence-corrected chi connectivity index (χ2v) is 5.56. The molecule has 0 aliphatic carbocycles. The number of carbonyl (C=O) groups is 1. The van der Waals surface area contributed by atoms with Gasteiger partial charge in [-0.05, 0) is 23.6 Å². The van der Waals surface area contributed by atoms with Crippen molar-refractivity contribution in [2.45, 2.75) is 36.3 Å². The molecule has 1 fully saturated rings. The summed E-state index contributed by atoms with van der Waals surface area (Å²) in [6.45, 7) is 4.92. The maximum Gasteiger partial charge on any atom is 0.319 e. The molecule has 0 aromatic heterocycles. The number of ether oxygens (including phenoxy) is 1. The van der Waals surface area contributed by atoms with Gasteiger partial charge < -0.3 is 4.74 Å². The summed E-state index contributed by atoms with van der Waals surface area (Å²) in [5, 5.41) is -0.00935. The minimum atomic E-state index is -0.0714. The van der Waals surface area contributed by atoms with Gasteiger partial charge in [-0.25, -0.2) is 0 Å². The van der Waals surface area contributed by atoms with Crippen molar-refractivity contribution in [1.82, 2.24) is 0 Å². The standard InChI is InChI=1S/C13H16O2S/c1-9(2)10-3-5-11(6-4-10)16-12-7-8-15-13(12)14/h3-6,9,12H,7-8H2,1-2H3/t12-/m1/s1. The molecule has 0 N–H and O–H groups in total. The van der Waals surface area contributed by atoms with Gasteiger partial charge in [-0.3, -0.25) is 4.79 Å². The van der Waals surface area contributed by atoms with Gasteiger partial charge in [0.05, 0.1) is 6.61 Å². The second kappa shape index (κ2) is 4.91. The summed E-state index contributed by atoms with van der Waals surface area (Å²) < 4.78 is 4.94. The smallest absolute Gasteiger partial charge is 0.319 e. The van der Waals surface area contributed by atoms with Gasteiger partial charge in [-0.1, -0.05) is 26.0 Å². The molecule has 2 nitrogen and oxygen atoms in total. The molecule has 16 heavy (non-hydrogen) atoms. The first-order chi connectivity index (χ1) is 7.66. The van der Waals surface area contributed by atoms with E-state index in [2.05, 4.69) is 38.1 Å². The fourth-order valence-corrected chi connectivity index (χ4v) is 2.68. The monoisotopic (exact) mass is 236 g/mol. The molecule has 0 radical (unpaired) electrons. The Hall–Kier alpha value is -0.960. The van der Waals surface area contributed by atoms with Gasteiger partial charge in [0.15, 0.2) is 0 Å². The van der Waals surface area contributed by atoms with Crippen molar-refractivity contribution in [2.75, 3.05) is 6.61 Å². The SMILES string of the molecule is CC(C)c1ccc(S[C@@H]2CCOC2=O)cc1. The molecule has 1 heterocycles. The van der Waals surface area contributed by atoms with Crippen molar-refractivity contribution in [3.63, 3.8) is 0 Å². The number of hydrogen-bond donors (Lipinski definition) is 0. The molecule has 2 rings (SSSR count). The van der Waals surface area contributed by atoms with Crippen molar-refractivity contribution >= 4 is 17.7 Å². The van der Waals surface area contributed by atoms with Crippen LogP contribution in [0, 0.1) is 0 Å². The highest BCUT2D eigenvalue weighted by atomic mass is 32.2. The van der Waals surface area contributed by atoms with E-state index in [1.807, 2.05) is 0 Å². The highest BCUT2D eigenvalue weighted by Crippen LogP contribution is 2.30. The third-order valence-electron chi connectivity index (χ3n) is 2.71. The van der Waals surface area contributed by atoms with E-state index in [0.717, 1.165) is 11.3 Å². The highest BCUT2D eigenvalue weighted by Gasteiger charge is 2.27. The largest absolute Gasteiger partial charge is 0.465 e. The molecule has 0 spiro atoms. The summed E-state index contributed by atoms with van der Waals surface area (Å²) in [5.41, 5.74) is 1.33. The molecule has 0 unspecified atom stereocenters. The number of hydrogen-bond acceptors (Lipinski definition) is 3. The Morgan fingerprint density at radius 2 is 2.00 bits per heavy atom. The van der Waals surface area contributed by atoms with Gasteiger partial charge >= 0.3 is 5.97 Å².